The zero-order valence-electron chi connectivity index (χ0n) is 7.65. The van der Waals surface area contributed by atoms with Crippen LogP contribution < -0.4 is 0 Å². The Morgan fingerprint density at radius 3 is 2.58 bits per heavy atom. The number of methoxy groups -OCH3 is 1. The fraction of sp³-hybridized carbons (Fsp3) is 1.00. The number of ether oxygens (including phenoxy) is 2. The monoisotopic (exact) mass is 176 g/mol. The Balaban J connectivity index is 2.72. The van der Waals surface area contributed by atoms with Crippen molar-refractivity contribution in [1.29, 1.82) is 0 Å². The fourth-order valence-electron chi connectivity index (χ4n) is 1.54. The van der Waals surface area contributed by atoms with Gasteiger partial charge in [-0.1, -0.05) is 0 Å². The molecule has 1 saturated heterocycles. The van der Waals surface area contributed by atoms with Crippen LogP contribution in [-0.2, 0) is 9.47 Å². The first-order valence-electron chi connectivity index (χ1n) is 4.06. The van der Waals surface area contributed by atoms with Gasteiger partial charge in [-0.15, -0.1) is 0 Å². The lowest BCUT2D eigenvalue weighted by molar-refractivity contribution is -0.263. The van der Waals surface area contributed by atoms with Crippen LogP contribution in [0.3, 0.4) is 0 Å². The van der Waals surface area contributed by atoms with Crippen molar-refractivity contribution in [3.8, 4) is 0 Å². The van der Waals surface area contributed by atoms with Crippen molar-refractivity contribution in [3.63, 3.8) is 0 Å². The Bertz CT molecular complexity index is 161. The molecule has 0 aromatic carbocycles. The molecule has 0 aliphatic carbocycles. The van der Waals surface area contributed by atoms with Gasteiger partial charge in [-0.25, -0.2) is 0 Å². The number of hydrogen-bond donors (Lipinski definition) is 2. The molecule has 4 heteroatoms. The summed E-state index contributed by atoms with van der Waals surface area (Å²) in [6.07, 6.45) is -1.62. The van der Waals surface area contributed by atoms with Gasteiger partial charge in [0.1, 0.15) is 6.10 Å². The van der Waals surface area contributed by atoms with Crippen molar-refractivity contribution in [3.05, 3.63) is 0 Å². The summed E-state index contributed by atoms with van der Waals surface area (Å²) in [5.74, 6) is 0. The Kier molecular flexibility index (Phi) is 2.73. The number of hydrogen-bond acceptors (Lipinski definition) is 4. The molecular formula is C8H16O4. The lowest BCUT2D eigenvalue weighted by Gasteiger charge is -2.42. The number of rotatable bonds is 1. The van der Waals surface area contributed by atoms with Gasteiger partial charge in [0.15, 0.2) is 6.29 Å². The van der Waals surface area contributed by atoms with Crippen LogP contribution in [0.5, 0.6) is 0 Å². The third kappa shape index (κ3) is 1.61. The summed E-state index contributed by atoms with van der Waals surface area (Å²) in [6, 6.07) is 0. The molecule has 0 aromatic rings. The van der Waals surface area contributed by atoms with Gasteiger partial charge in [0.2, 0.25) is 0 Å². The van der Waals surface area contributed by atoms with Crippen molar-refractivity contribution < 1.29 is 19.7 Å². The molecule has 0 spiro atoms. The average molecular weight is 176 g/mol. The van der Waals surface area contributed by atoms with Crippen LogP contribution in [0.2, 0.25) is 0 Å². The molecule has 1 aliphatic rings. The molecule has 0 amide bonds. The second kappa shape index (κ2) is 3.30. The molecule has 1 fully saturated rings. The third-order valence-electron chi connectivity index (χ3n) is 2.49. The smallest absolute Gasteiger partial charge is 0.157 e. The quantitative estimate of drug-likeness (QED) is 0.584. The Morgan fingerprint density at radius 1 is 1.50 bits per heavy atom. The summed E-state index contributed by atoms with van der Waals surface area (Å²) in [7, 11) is 1.52. The number of aliphatic hydroxyl groups excluding tert-OH is 2. The van der Waals surface area contributed by atoms with Gasteiger partial charge < -0.3 is 19.7 Å². The van der Waals surface area contributed by atoms with E-state index in [0.29, 0.717) is 6.42 Å². The van der Waals surface area contributed by atoms with Crippen LogP contribution in [0.25, 0.3) is 0 Å². The number of aliphatic hydroxyl groups is 2. The maximum absolute atomic E-state index is 9.65. The SMILES string of the molecule is CO[C@@]1(C)CC(O)O[C@@H](C)[C@@H]1O. The largest absolute Gasteiger partial charge is 0.387 e. The van der Waals surface area contributed by atoms with E-state index in [0.717, 1.165) is 0 Å². The third-order valence-corrected chi connectivity index (χ3v) is 2.49. The Morgan fingerprint density at radius 2 is 2.08 bits per heavy atom. The van der Waals surface area contributed by atoms with Gasteiger partial charge in [-0.2, -0.15) is 0 Å². The summed E-state index contributed by atoms with van der Waals surface area (Å²) >= 11 is 0. The van der Waals surface area contributed by atoms with Crippen LogP contribution in [0.1, 0.15) is 20.3 Å². The topological polar surface area (TPSA) is 58.9 Å². The maximum Gasteiger partial charge on any atom is 0.157 e. The maximum atomic E-state index is 9.65. The van der Waals surface area contributed by atoms with Gasteiger partial charge in [-0.05, 0) is 13.8 Å². The molecule has 0 saturated carbocycles. The molecule has 4 nitrogen and oxygen atoms in total. The molecule has 1 rings (SSSR count). The lowest BCUT2D eigenvalue weighted by atomic mass is 9.89. The summed E-state index contributed by atoms with van der Waals surface area (Å²) in [5, 5.41) is 18.9. The minimum absolute atomic E-state index is 0.301. The Labute approximate surface area is 72.1 Å². The van der Waals surface area contributed by atoms with Crippen molar-refractivity contribution in [2.75, 3.05) is 7.11 Å². The van der Waals surface area contributed by atoms with Crippen molar-refractivity contribution >= 4 is 0 Å². The fourth-order valence-corrected chi connectivity index (χ4v) is 1.54. The van der Waals surface area contributed by atoms with Crippen LogP contribution in [0, 0.1) is 0 Å². The van der Waals surface area contributed by atoms with E-state index in [1.165, 1.54) is 7.11 Å². The molecule has 0 aromatic heterocycles. The van der Waals surface area contributed by atoms with E-state index < -0.39 is 24.1 Å². The molecule has 1 heterocycles. The predicted octanol–water partition coefficient (Wildman–Crippen LogP) is -0.120. The zero-order valence-corrected chi connectivity index (χ0v) is 7.65. The molecule has 1 unspecified atom stereocenters. The van der Waals surface area contributed by atoms with Crippen LogP contribution >= 0.6 is 0 Å². The normalized spacial score (nSPS) is 49.2. The van der Waals surface area contributed by atoms with Crippen LogP contribution in [0.4, 0.5) is 0 Å². The van der Waals surface area contributed by atoms with E-state index in [2.05, 4.69) is 0 Å². The van der Waals surface area contributed by atoms with Crippen LogP contribution in [-0.4, -0.2) is 41.4 Å². The highest BCUT2D eigenvalue weighted by molar-refractivity contribution is 4.91. The van der Waals surface area contributed by atoms with Crippen molar-refractivity contribution in [2.24, 2.45) is 0 Å². The zero-order chi connectivity index (χ0) is 9.35. The van der Waals surface area contributed by atoms with E-state index >= 15 is 0 Å². The molecular weight excluding hydrogens is 160 g/mol. The van der Waals surface area contributed by atoms with E-state index in [1.54, 1.807) is 13.8 Å². The second-order valence-electron chi connectivity index (χ2n) is 3.46. The highest BCUT2D eigenvalue weighted by Gasteiger charge is 2.44. The highest BCUT2D eigenvalue weighted by atomic mass is 16.6. The summed E-state index contributed by atoms with van der Waals surface area (Å²) in [5.41, 5.74) is -0.697. The Hall–Kier alpha value is -0.160. The molecule has 2 N–H and O–H groups in total. The minimum atomic E-state index is -0.839. The molecule has 1 aliphatic heterocycles. The van der Waals surface area contributed by atoms with Crippen molar-refractivity contribution in [1.82, 2.24) is 0 Å². The molecule has 12 heavy (non-hydrogen) atoms. The second-order valence-corrected chi connectivity index (χ2v) is 3.46. The summed E-state index contributed by atoms with van der Waals surface area (Å²) in [4.78, 5) is 0. The van der Waals surface area contributed by atoms with Crippen LogP contribution in [0.15, 0.2) is 0 Å². The first kappa shape index (κ1) is 9.92. The predicted molar refractivity (Wildman–Crippen MR) is 42.6 cm³/mol. The van der Waals surface area contributed by atoms with Gasteiger partial charge in [-0.3, -0.25) is 0 Å². The van der Waals surface area contributed by atoms with Crippen molar-refractivity contribution in [2.45, 2.75) is 44.4 Å². The summed E-state index contributed by atoms with van der Waals surface area (Å²) < 4.78 is 10.2. The van der Waals surface area contributed by atoms with E-state index in [-0.39, 0.29) is 0 Å². The van der Waals surface area contributed by atoms with E-state index in [9.17, 15) is 10.2 Å². The first-order valence-corrected chi connectivity index (χ1v) is 4.06. The minimum Gasteiger partial charge on any atom is -0.387 e. The summed E-state index contributed by atoms with van der Waals surface area (Å²) in [6.45, 7) is 3.48. The van der Waals surface area contributed by atoms with E-state index in [1.807, 2.05) is 0 Å². The molecule has 72 valence electrons. The molecule has 0 radical (unpaired) electrons. The van der Waals surface area contributed by atoms with Gasteiger partial charge >= 0.3 is 0 Å². The molecule has 0 bridgehead atoms. The van der Waals surface area contributed by atoms with Gasteiger partial charge in [0.05, 0.1) is 11.7 Å². The van der Waals surface area contributed by atoms with Gasteiger partial charge in [0, 0.05) is 13.5 Å². The average Bonchev–Trinajstić information content (AvgIpc) is 2.00. The first-order chi connectivity index (χ1) is 5.49. The standard InChI is InChI=1S/C8H16O4/c1-5-7(10)8(2,11-3)4-6(9)12-5/h5-7,9-10H,4H2,1-3H3/t5-,6?,7-,8-/m0/s1. The van der Waals surface area contributed by atoms with E-state index in [4.69, 9.17) is 9.47 Å². The van der Waals surface area contributed by atoms with Gasteiger partial charge in [0.25, 0.3) is 0 Å². The lowest BCUT2D eigenvalue weighted by Crippen LogP contribution is -2.55. The highest BCUT2D eigenvalue weighted by Crippen LogP contribution is 2.30. The molecule has 4 atom stereocenters.